The third kappa shape index (κ3) is 4.20. The van der Waals surface area contributed by atoms with Gasteiger partial charge in [-0.2, -0.15) is 0 Å². The molecule has 1 unspecified atom stereocenters. The second kappa shape index (κ2) is 7.24. The summed E-state index contributed by atoms with van der Waals surface area (Å²) in [5.74, 6) is 0.393. The van der Waals surface area contributed by atoms with Crippen molar-refractivity contribution in [3.63, 3.8) is 0 Å². The number of nitrogens with one attached hydrogen (secondary N) is 1. The first-order valence-corrected chi connectivity index (χ1v) is 6.55. The van der Waals surface area contributed by atoms with E-state index < -0.39 is 5.54 Å². The molecule has 0 heterocycles. The predicted molar refractivity (Wildman–Crippen MR) is 69.0 cm³/mol. The van der Waals surface area contributed by atoms with Crippen LogP contribution in [0.4, 0.5) is 0 Å². The zero-order valence-corrected chi connectivity index (χ0v) is 11.2. The molecule has 0 amide bonds. The molecule has 0 radical (unpaired) electrons. The maximum absolute atomic E-state index is 12.0. The molecule has 1 fully saturated rings. The van der Waals surface area contributed by atoms with Gasteiger partial charge in [-0.05, 0) is 31.7 Å². The molecule has 0 aromatic heterocycles. The summed E-state index contributed by atoms with van der Waals surface area (Å²) in [6.45, 7) is 4.90. The Morgan fingerprint density at radius 2 is 2.33 bits per heavy atom. The van der Waals surface area contributed by atoms with Crippen LogP contribution in [0.1, 0.15) is 39.5 Å². The van der Waals surface area contributed by atoms with E-state index in [-0.39, 0.29) is 5.97 Å². The molecular formula is C12H22N4O2. The first-order valence-electron chi connectivity index (χ1n) is 6.55. The van der Waals surface area contributed by atoms with Gasteiger partial charge in [-0.15, -0.1) is 0 Å². The van der Waals surface area contributed by atoms with Crippen molar-refractivity contribution in [3.05, 3.63) is 10.4 Å². The van der Waals surface area contributed by atoms with E-state index in [0.717, 1.165) is 6.42 Å². The molecule has 1 saturated carbocycles. The first kappa shape index (κ1) is 14.8. The quantitative estimate of drug-likeness (QED) is 0.237. The molecule has 1 aliphatic rings. The Balaban J connectivity index is 2.53. The lowest BCUT2D eigenvalue weighted by molar-refractivity contribution is -0.151. The van der Waals surface area contributed by atoms with Gasteiger partial charge in [-0.1, -0.05) is 24.4 Å². The first-order chi connectivity index (χ1) is 8.62. The van der Waals surface area contributed by atoms with Crippen LogP contribution in [-0.4, -0.2) is 31.2 Å². The average molecular weight is 254 g/mol. The van der Waals surface area contributed by atoms with Crippen molar-refractivity contribution in [3.8, 4) is 0 Å². The zero-order chi connectivity index (χ0) is 13.4. The lowest BCUT2D eigenvalue weighted by Crippen LogP contribution is -2.53. The number of ether oxygens (including phenoxy) is 1. The minimum atomic E-state index is -0.661. The Bertz CT molecular complexity index is 324. The smallest absolute Gasteiger partial charge is 0.326 e. The Hall–Kier alpha value is -1.26. The standard InChI is InChI=1S/C12H22N4O2/c1-3-18-11(17)12(2,9-10-5-4-6-10)14-7-8-15-16-13/h10,14H,3-9H2,1-2H3. The van der Waals surface area contributed by atoms with E-state index in [1.165, 1.54) is 19.3 Å². The fourth-order valence-electron chi connectivity index (χ4n) is 2.22. The fraction of sp³-hybridized carbons (Fsp3) is 0.917. The van der Waals surface area contributed by atoms with Crippen LogP contribution in [0.25, 0.3) is 10.4 Å². The zero-order valence-electron chi connectivity index (χ0n) is 11.2. The minimum absolute atomic E-state index is 0.210. The highest BCUT2D eigenvalue weighted by Crippen LogP contribution is 2.34. The molecule has 0 aromatic rings. The van der Waals surface area contributed by atoms with Crippen LogP contribution in [0.15, 0.2) is 5.11 Å². The highest BCUT2D eigenvalue weighted by Gasteiger charge is 2.38. The largest absolute Gasteiger partial charge is 0.465 e. The van der Waals surface area contributed by atoms with Crippen molar-refractivity contribution in [1.29, 1.82) is 0 Å². The van der Waals surface area contributed by atoms with E-state index in [0.29, 0.717) is 25.6 Å². The normalized spacial score (nSPS) is 18.3. The Morgan fingerprint density at radius 1 is 1.61 bits per heavy atom. The van der Waals surface area contributed by atoms with Crippen molar-refractivity contribution in [1.82, 2.24) is 5.32 Å². The molecule has 0 aromatic carbocycles. The van der Waals surface area contributed by atoms with Gasteiger partial charge < -0.3 is 10.1 Å². The average Bonchev–Trinajstić information content (AvgIpc) is 2.30. The summed E-state index contributed by atoms with van der Waals surface area (Å²) in [5, 5.41) is 6.63. The number of nitrogens with zero attached hydrogens (tertiary/aromatic N) is 3. The van der Waals surface area contributed by atoms with Crippen LogP contribution in [0.2, 0.25) is 0 Å². The van der Waals surface area contributed by atoms with Gasteiger partial charge in [0, 0.05) is 18.0 Å². The van der Waals surface area contributed by atoms with E-state index in [2.05, 4.69) is 15.3 Å². The molecule has 1 rings (SSSR count). The molecule has 0 saturated heterocycles. The molecular weight excluding hydrogens is 232 g/mol. The number of rotatable bonds is 8. The van der Waals surface area contributed by atoms with E-state index in [9.17, 15) is 4.79 Å². The summed E-state index contributed by atoms with van der Waals surface area (Å²) >= 11 is 0. The van der Waals surface area contributed by atoms with Gasteiger partial charge in [0.2, 0.25) is 0 Å². The van der Waals surface area contributed by atoms with E-state index in [1.807, 2.05) is 13.8 Å². The van der Waals surface area contributed by atoms with Crippen molar-refractivity contribution in [2.24, 2.45) is 11.0 Å². The van der Waals surface area contributed by atoms with Crippen LogP contribution >= 0.6 is 0 Å². The highest BCUT2D eigenvalue weighted by atomic mass is 16.5. The van der Waals surface area contributed by atoms with Gasteiger partial charge in [0.25, 0.3) is 0 Å². The van der Waals surface area contributed by atoms with Gasteiger partial charge in [0.1, 0.15) is 5.54 Å². The molecule has 0 aliphatic heterocycles. The molecule has 18 heavy (non-hydrogen) atoms. The van der Waals surface area contributed by atoms with Crippen molar-refractivity contribution >= 4 is 5.97 Å². The van der Waals surface area contributed by atoms with Crippen LogP contribution in [0.5, 0.6) is 0 Å². The Labute approximate surface area is 108 Å². The van der Waals surface area contributed by atoms with Crippen molar-refractivity contribution < 1.29 is 9.53 Å². The maximum atomic E-state index is 12.0. The van der Waals surface area contributed by atoms with Crippen LogP contribution in [-0.2, 0) is 9.53 Å². The number of carbonyl (C=O) groups excluding carboxylic acids is 1. The molecule has 1 aliphatic carbocycles. The van der Waals surface area contributed by atoms with E-state index >= 15 is 0 Å². The van der Waals surface area contributed by atoms with E-state index in [1.54, 1.807) is 0 Å². The Morgan fingerprint density at radius 3 is 2.83 bits per heavy atom. The number of esters is 1. The summed E-state index contributed by atoms with van der Waals surface area (Å²) < 4.78 is 5.13. The molecule has 0 spiro atoms. The van der Waals surface area contributed by atoms with Crippen LogP contribution < -0.4 is 5.32 Å². The maximum Gasteiger partial charge on any atom is 0.326 e. The van der Waals surface area contributed by atoms with E-state index in [4.69, 9.17) is 10.3 Å². The number of hydrogen-bond donors (Lipinski definition) is 1. The van der Waals surface area contributed by atoms with Gasteiger partial charge >= 0.3 is 5.97 Å². The molecule has 1 N–H and O–H groups in total. The topological polar surface area (TPSA) is 87.1 Å². The second-order valence-electron chi connectivity index (χ2n) is 4.93. The molecule has 1 atom stereocenters. The summed E-state index contributed by atoms with van der Waals surface area (Å²) in [5.41, 5.74) is 7.56. The SMILES string of the molecule is CCOC(=O)C(C)(CC1CCC1)NCCN=[N+]=[N-]. The number of hydrogen-bond acceptors (Lipinski definition) is 4. The second-order valence-corrected chi connectivity index (χ2v) is 4.93. The van der Waals surface area contributed by atoms with Crippen molar-refractivity contribution in [2.45, 2.75) is 45.1 Å². The molecule has 6 nitrogen and oxygen atoms in total. The van der Waals surface area contributed by atoms with Crippen LogP contribution in [0.3, 0.4) is 0 Å². The summed E-state index contributed by atoms with van der Waals surface area (Å²) in [4.78, 5) is 14.7. The molecule has 0 bridgehead atoms. The third-order valence-electron chi connectivity index (χ3n) is 3.44. The third-order valence-corrected chi connectivity index (χ3v) is 3.44. The Kier molecular flexibility index (Phi) is 5.95. The van der Waals surface area contributed by atoms with Crippen molar-refractivity contribution in [2.75, 3.05) is 19.7 Å². The van der Waals surface area contributed by atoms with Gasteiger partial charge in [0.15, 0.2) is 0 Å². The monoisotopic (exact) mass is 254 g/mol. The lowest BCUT2D eigenvalue weighted by Gasteiger charge is -2.35. The predicted octanol–water partition coefficient (Wildman–Crippen LogP) is 2.40. The summed E-state index contributed by atoms with van der Waals surface area (Å²) in [6, 6.07) is 0. The summed E-state index contributed by atoms with van der Waals surface area (Å²) in [6.07, 6.45) is 4.42. The van der Waals surface area contributed by atoms with Gasteiger partial charge in [0.05, 0.1) is 6.61 Å². The van der Waals surface area contributed by atoms with Crippen LogP contribution in [0, 0.1) is 5.92 Å². The lowest BCUT2D eigenvalue weighted by atomic mass is 9.76. The number of carbonyl (C=O) groups is 1. The van der Waals surface area contributed by atoms with Gasteiger partial charge in [-0.25, -0.2) is 0 Å². The highest BCUT2D eigenvalue weighted by molar-refractivity contribution is 5.80. The van der Waals surface area contributed by atoms with Gasteiger partial charge in [-0.3, -0.25) is 4.79 Å². The molecule has 102 valence electrons. The molecule has 6 heteroatoms. The number of azide groups is 1. The summed E-state index contributed by atoms with van der Waals surface area (Å²) in [7, 11) is 0. The fourth-order valence-corrected chi connectivity index (χ4v) is 2.22. The minimum Gasteiger partial charge on any atom is -0.465 e.